The molecule has 0 saturated heterocycles. The number of thiophene rings is 1. The van der Waals surface area contributed by atoms with Crippen LogP contribution in [0, 0.1) is 0 Å². The number of hydrogen-bond donors (Lipinski definition) is 0. The lowest BCUT2D eigenvalue weighted by atomic mass is 9.87. The summed E-state index contributed by atoms with van der Waals surface area (Å²) in [6, 6.07) is 68.1. The van der Waals surface area contributed by atoms with Crippen molar-refractivity contribution in [3.8, 4) is 45.3 Å². The third kappa shape index (κ3) is 4.91. The Kier molecular flexibility index (Phi) is 6.89. The van der Waals surface area contributed by atoms with E-state index in [9.17, 15) is 0 Å². The summed E-state index contributed by atoms with van der Waals surface area (Å²) in [5, 5.41) is 17.4. The van der Waals surface area contributed by atoms with E-state index < -0.39 is 0 Å². The van der Waals surface area contributed by atoms with Gasteiger partial charge in [0.1, 0.15) is 0 Å². The lowest BCUT2D eigenvalue weighted by Crippen LogP contribution is -2.00. The minimum absolute atomic E-state index is 0.641. The van der Waals surface area contributed by atoms with Crippen molar-refractivity contribution in [3.63, 3.8) is 0 Å². The Morgan fingerprint density at radius 2 is 0.763 bits per heavy atom. The summed E-state index contributed by atoms with van der Waals surface area (Å²) in [5.74, 6) is 1.93. The Hall–Kier alpha value is -7.53. The van der Waals surface area contributed by atoms with Gasteiger partial charge in [-0.2, -0.15) is 0 Å². The highest BCUT2D eigenvalue weighted by Crippen LogP contribution is 2.45. The molecule has 0 bridgehead atoms. The van der Waals surface area contributed by atoms with Crippen molar-refractivity contribution in [2.24, 2.45) is 0 Å². The van der Waals surface area contributed by atoms with Gasteiger partial charge in [-0.25, -0.2) is 15.0 Å². The van der Waals surface area contributed by atoms with Crippen LogP contribution in [0.5, 0.6) is 0 Å². The van der Waals surface area contributed by atoms with E-state index >= 15 is 0 Å². The molecule has 4 heteroatoms. The van der Waals surface area contributed by atoms with Gasteiger partial charge < -0.3 is 0 Å². The molecule has 0 spiro atoms. The lowest BCUT2D eigenvalue weighted by molar-refractivity contribution is 1.07. The molecule has 0 fully saturated rings. The monoisotopic (exact) mass is 765 g/mol. The highest BCUT2D eigenvalue weighted by molar-refractivity contribution is 7.25. The van der Waals surface area contributed by atoms with Crippen molar-refractivity contribution in [1.29, 1.82) is 0 Å². The first-order valence-corrected chi connectivity index (χ1v) is 20.8. The summed E-state index contributed by atoms with van der Waals surface area (Å²) >= 11 is 1.84. The summed E-state index contributed by atoms with van der Waals surface area (Å²) in [7, 11) is 0. The molecule has 2 heterocycles. The predicted molar refractivity (Wildman–Crippen MR) is 251 cm³/mol. The topological polar surface area (TPSA) is 38.7 Å². The predicted octanol–water partition coefficient (Wildman–Crippen LogP) is 15.3. The van der Waals surface area contributed by atoms with Gasteiger partial charge in [0.05, 0.1) is 0 Å². The van der Waals surface area contributed by atoms with Crippen LogP contribution in [-0.2, 0) is 0 Å². The van der Waals surface area contributed by atoms with Crippen LogP contribution in [0.3, 0.4) is 0 Å². The summed E-state index contributed by atoms with van der Waals surface area (Å²) in [6.45, 7) is 0. The van der Waals surface area contributed by atoms with Gasteiger partial charge in [0.2, 0.25) is 0 Å². The number of benzene rings is 10. The average molecular weight is 766 g/mol. The first kappa shape index (κ1) is 32.5. The van der Waals surface area contributed by atoms with E-state index in [4.69, 9.17) is 15.0 Å². The molecule has 0 unspecified atom stereocenters. The quantitative estimate of drug-likeness (QED) is 0.168. The fourth-order valence-corrected chi connectivity index (χ4v) is 10.7. The van der Waals surface area contributed by atoms with E-state index in [0.29, 0.717) is 17.5 Å². The number of aromatic nitrogens is 3. The van der Waals surface area contributed by atoms with Crippen molar-refractivity contribution < 1.29 is 0 Å². The maximum absolute atomic E-state index is 5.34. The van der Waals surface area contributed by atoms with Gasteiger partial charge in [-0.3, -0.25) is 0 Å². The van der Waals surface area contributed by atoms with E-state index in [2.05, 4.69) is 170 Å². The Morgan fingerprint density at radius 1 is 0.271 bits per heavy atom. The van der Waals surface area contributed by atoms with Crippen molar-refractivity contribution in [3.05, 3.63) is 188 Å². The minimum atomic E-state index is 0.641. The smallest absolute Gasteiger partial charge is 0.164 e. The number of fused-ring (bicyclic) bond motifs is 5. The molecule has 11 aromatic carbocycles. The molecule has 0 N–H and O–H groups in total. The van der Waals surface area contributed by atoms with Gasteiger partial charge >= 0.3 is 0 Å². The number of rotatable bonds is 4. The average Bonchev–Trinajstić information content (AvgIpc) is 3.69. The summed E-state index contributed by atoms with van der Waals surface area (Å²) in [4.78, 5) is 15.8. The first-order chi connectivity index (χ1) is 29.2. The molecule has 0 atom stereocenters. The number of hydrogen-bond acceptors (Lipinski definition) is 4. The van der Waals surface area contributed by atoms with Gasteiger partial charge in [0.15, 0.2) is 17.5 Å². The standard InChI is InChI=1S/C55H31N3S/c1-2-11-35(12-3-1)53-56-54(38-17-6-16-36(29-38)40-19-10-24-47-52(40)44-18-4-5-23-46(44)59-47)58-55(57-53)39-30-37-28-27-34-14-8-21-42-41-20-7-13-32-25-26-33-15-9-22-43(50(33)48(32)41)45(31-39)51(37)49(34)42/h1-31H. The Morgan fingerprint density at radius 3 is 1.47 bits per heavy atom. The van der Waals surface area contributed by atoms with Crippen LogP contribution in [0.2, 0.25) is 0 Å². The second-order valence-corrected chi connectivity index (χ2v) is 16.6. The largest absolute Gasteiger partial charge is 0.208 e. The van der Waals surface area contributed by atoms with Crippen LogP contribution in [0.1, 0.15) is 0 Å². The Labute approximate surface area is 342 Å². The fourth-order valence-electron chi connectivity index (χ4n) is 9.60. The SMILES string of the molecule is c1ccc(-c2nc(-c3cccc(-c4cccc5sc6ccccc6c45)c3)nc(-c3cc4ccc5cccc6c7cccc8ccc9cccc(c(c3)c4c56)c9c87)n2)cc1. The molecule has 13 rings (SSSR count). The molecule has 272 valence electrons. The first-order valence-electron chi connectivity index (χ1n) is 20.0. The van der Waals surface area contributed by atoms with Crippen LogP contribution in [-0.4, -0.2) is 15.0 Å². The molecule has 0 aliphatic heterocycles. The van der Waals surface area contributed by atoms with E-state index in [-0.39, 0.29) is 0 Å². The summed E-state index contributed by atoms with van der Waals surface area (Å²) in [5.41, 5.74) is 5.18. The van der Waals surface area contributed by atoms with E-state index in [1.165, 1.54) is 85.0 Å². The van der Waals surface area contributed by atoms with E-state index in [0.717, 1.165) is 27.6 Å². The Bertz CT molecular complexity index is 3840. The van der Waals surface area contributed by atoms with Gasteiger partial charge in [-0.05, 0) is 106 Å². The molecule has 0 aliphatic carbocycles. The summed E-state index contributed by atoms with van der Waals surface area (Å²) < 4.78 is 2.58. The normalized spacial score (nSPS) is 12.1. The maximum atomic E-state index is 5.34. The molecule has 3 nitrogen and oxygen atoms in total. The van der Waals surface area contributed by atoms with Gasteiger partial charge in [-0.1, -0.05) is 158 Å². The van der Waals surface area contributed by atoms with Crippen LogP contribution < -0.4 is 0 Å². The minimum Gasteiger partial charge on any atom is -0.208 e. The zero-order chi connectivity index (χ0) is 38.6. The van der Waals surface area contributed by atoms with Crippen molar-refractivity contribution >= 4 is 96.1 Å². The number of nitrogens with zero attached hydrogens (tertiary/aromatic N) is 3. The third-order valence-electron chi connectivity index (χ3n) is 12.2. The van der Waals surface area contributed by atoms with Gasteiger partial charge in [-0.15, -0.1) is 11.3 Å². The van der Waals surface area contributed by atoms with Crippen molar-refractivity contribution in [1.82, 2.24) is 15.0 Å². The highest BCUT2D eigenvalue weighted by Gasteiger charge is 2.19. The van der Waals surface area contributed by atoms with Crippen LogP contribution in [0.25, 0.3) is 130 Å². The molecule has 59 heavy (non-hydrogen) atoms. The fraction of sp³-hybridized carbons (Fsp3) is 0. The zero-order valence-corrected chi connectivity index (χ0v) is 32.5. The third-order valence-corrected chi connectivity index (χ3v) is 13.3. The molecular weight excluding hydrogens is 735 g/mol. The zero-order valence-electron chi connectivity index (χ0n) is 31.6. The molecule has 0 amide bonds. The summed E-state index contributed by atoms with van der Waals surface area (Å²) in [6.07, 6.45) is 0. The molecule has 13 aromatic rings. The van der Waals surface area contributed by atoms with Crippen LogP contribution in [0.15, 0.2) is 188 Å². The van der Waals surface area contributed by atoms with Crippen molar-refractivity contribution in [2.45, 2.75) is 0 Å². The Balaban J connectivity index is 1.09. The molecule has 0 saturated carbocycles. The molecular formula is C55H31N3S. The van der Waals surface area contributed by atoms with E-state index in [1.54, 1.807) is 0 Å². The van der Waals surface area contributed by atoms with Crippen molar-refractivity contribution in [2.75, 3.05) is 0 Å². The van der Waals surface area contributed by atoms with Gasteiger partial charge in [0.25, 0.3) is 0 Å². The second-order valence-electron chi connectivity index (χ2n) is 15.5. The van der Waals surface area contributed by atoms with E-state index in [1.807, 2.05) is 29.5 Å². The molecule has 0 aliphatic rings. The van der Waals surface area contributed by atoms with Crippen LogP contribution >= 0.6 is 11.3 Å². The lowest BCUT2D eigenvalue weighted by Gasteiger charge is -2.17. The second kappa shape index (κ2) is 12.5. The highest BCUT2D eigenvalue weighted by atomic mass is 32.1. The maximum Gasteiger partial charge on any atom is 0.164 e. The molecule has 0 radical (unpaired) electrons. The molecule has 2 aromatic heterocycles. The van der Waals surface area contributed by atoms with Crippen LogP contribution in [0.4, 0.5) is 0 Å². The van der Waals surface area contributed by atoms with Gasteiger partial charge in [0, 0.05) is 36.9 Å².